The predicted molar refractivity (Wildman–Crippen MR) is 87.6 cm³/mol. The number of hydrogen-bond donors (Lipinski definition) is 0. The van der Waals surface area contributed by atoms with Crippen molar-refractivity contribution < 1.29 is 4.79 Å². The first-order chi connectivity index (χ1) is 10.6. The Labute approximate surface area is 133 Å². The summed E-state index contributed by atoms with van der Waals surface area (Å²) in [5.74, 6) is 1.55. The first-order valence-corrected chi connectivity index (χ1v) is 8.59. The molecule has 0 spiro atoms. The van der Waals surface area contributed by atoms with Crippen LogP contribution < -0.4 is 0 Å². The molecule has 0 aromatic carbocycles. The van der Waals surface area contributed by atoms with Gasteiger partial charge in [-0.25, -0.2) is 4.98 Å². The molecule has 4 nitrogen and oxygen atoms in total. The molecule has 3 heterocycles. The van der Waals surface area contributed by atoms with E-state index < -0.39 is 0 Å². The summed E-state index contributed by atoms with van der Waals surface area (Å²) in [5.41, 5.74) is 1.63. The molecular formula is C18H27N3O. The van der Waals surface area contributed by atoms with Crippen molar-refractivity contribution in [1.29, 1.82) is 0 Å². The molecule has 1 aromatic heterocycles. The lowest BCUT2D eigenvalue weighted by molar-refractivity contribution is 0.0781. The van der Waals surface area contributed by atoms with Crippen LogP contribution >= 0.6 is 0 Å². The first-order valence-electron chi connectivity index (χ1n) is 8.59. The van der Waals surface area contributed by atoms with Crippen molar-refractivity contribution in [3.05, 3.63) is 29.6 Å². The van der Waals surface area contributed by atoms with E-state index in [1.165, 1.54) is 12.8 Å². The van der Waals surface area contributed by atoms with E-state index in [2.05, 4.69) is 23.7 Å². The van der Waals surface area contributed by atoms with Crippen LogP contribution in [0, 0.1) is 11.8 Å². The van der Waals surface area contributed by atoms with Crippen LogP contribution in [0.2, 0.25) is 0 Å². The summed E-state index contributed by atoms with van der Waals surface area (Å²) in [7, 11) is 0. The summed E-state index contributed by atoms with van der Waals surface area (Å²) < 4.78 is 0. The minimum absolute atomic E-state index is 0.0958. The van der Waals surface area contributed by atoms with E-state index >= 15 is 0 Å². The van der Waals surface area contributed by atoms with Crippen molar-refractivity contribution in [1.82, 2.24) is 14.8 Å². The second-order valence-electron chi connectivity index (χ2n) is 7.12. The van der Waals surface area contributed by atoms with Crippen molar-refractivity contribution in [2.75, 3.05) is 26.2 Å². The van der Waals surface area contributed by atoms with Crippen molar-refractivity contribution in [3.8, 4) is 0 Å². The van der Waals surface area contributed by atoms with E-state index in [9.17, 15) is 4.79 Å². The molecule has 1 unspecified atom stereocenters. The third-order valence-corrected chi connectivity index (χ3v) is 5.00. The summed E-state index contributed by atoms with van der Waals surface area (Å²) in [4.78, 5) is 21.5. The zero-order chi connectivity index (χ0) is 15.5. The van der Waals surface area contributed by atoms with Crippen LogP contribution in [0.25, 0.3) is 0 Å². The normalized spacial score (nSPS) is 23.9. The molecule has 0 saturated carbocycles. The molecule has 0 bridgehead atoms. The van der Waals surface area contributed by atoms with Gasteiger partial charge in [-0.3, -0.25) is 9.69 Å². The lowest BCUT2D eigenvalue weighted by atomic mass is 9.99. The Morgan fingerprint density at radius 2 is 1.86 bits per heavy atom. The molecule has 2 aliphatic rings. The number of piperidine rings is 1. The number of aromatic nitrogens is 1. The summed E-state index contributed by atoms with van der Waals surface area (Å²) >= 11 is 0. The number of rotatable bonds is 3. The number of hydrogen-bond acceptors (Lipinski definition) is 3. The van der Waals surface area contributed by atoms with Gasteiger partial charge in [0.2, 0.25) is 0 Å². The third kappa shape index (κ3) is 3.67. The van der Waals surface area contributed by atoms with E-state index in [1.807, 2.05) is 23.1 Å². The Kier molecular flexibility index (Phi) is 4.77. The number of amides is 1. The fourth-order valence-electron chi connectivity index (χ4n) is 3.42. The highest BCUT2D eigenvalue weighted by molar-refractivity contribution is 5.92. The second kappa shape index (κ2) is 6.78. The summed E-state index contributed by atoms with van der Waals surface area (Å²) in [6.07, 6.45) is 3.64. The van der Waals surface area contributed by atoms with Gasteiger partial charge in [0.15, 0.2) is 0 Å². The lowest BCUT2D eigenvalue weighted by Gasteiger charge is -2.29. The first kappa shape index (κ1) is 15.5. The fraction of sp³-hybridized carbons (Fsp3) is 0.667. The van der Waals surface area contributed by atoms with Gasteiger partial charge in [-0.1, -0.05) is 19.9 Å². The van der Waals surface area contributed by atoms with Gasteiger partial charge in [0, 0.05) is 19.6 Å². The zero-order valence-corrected chi connectivity index (χ0v) is 13.8. The highest BCUT2D eigenvalue weighted by atomic mass is 16.2. The topological polar surface area (TPSA) is 36.4 Å². The summed E-state index contributed by atoms with van der Waals surface area (Å²) in [6, 6.07) is 5.87. The van der Waals surface area contributed by atoms with Gasteiger partial charge >= 0.3 is 0 Å². The quantitative estimate of drug-likeness (QED) is 0.861. The Morgan fingerprint density at radius 3 is 2.55 bits per heavy atom. The molecule has 3 rings (SSSR count). The largest absolute Gasteiger partial charge is 0.337 e. The molecule has 0 N–H and O–H groups in total. The van der Waals surface area contributed by atoms with Crippen molar-refractivity contribution in [2.24, 2.45) is 11.8 Å². The molecule has 4 heteroatoms. The van der Waals surface area contributed by atoms with Crippen molar-refractivity contribution in [3.63, 3.8) is 0 Å². The molecule has 0 aliphatic carbocycles. The lowest BCUT2D eigenvalue weighted by Crippen LogP contribution is -2.33. The van der Waals surface area contributed by atoms with Gasteiger partial charge in [0.25, 0.3) is 5.91 Å². The minimum atomic E-state index is 0.0958. The molecule has 1 amide bonds. The van der Waals surface area contributed by atoms with Crippen molar-refractivity contribution >= 4 is 5.91 Å². The molecule has 22 heavy (non-hydrogen) atoms. The smallest absolute Gasteiger partial charge is 0.272 e. The third-order valence-electron chi connectivity index (χ3n) is 5.00. The molecule has 2 aliphatic heterocycles. The Morgan fingerprint density at radius 1 is 1.14 bits per heavy atom. The standard InChI is InChI=1S/C18H27N3O/c1-14-6-9-20(10-7-14)13-16-4-3-5-17(19-16)18(22)21-11-8-15(2)12-21/h3-5,14-15H,6-13H2,1-2H3. The molecule has 2 fully saturated rings. The van der Waals surface area contributed by atoms with Gasteiger partial charge in [-0.05, 0) is 56.3 Å². The maximum absolute atomic E-state index is 12.5. The van der Waals surface area contributed by atoms with Crippen molar-refractivity contribution in [2.45, 2.75) is 39.7 Å². The number of carbonyl (C=O) groups excluding carboxylic acids is 1. The van der Waals surface area contributed by atoms with Gasteiger partial charge in [-0.2, -0.15) is 0 Å². The average molecular weight is 301 g/mol. The number of pyridine rings is 1. The van der Waals surface area contributed by atoms with Gasteiger partial charge in [0.05, 0.1) is 5.69 Å². The van der Waals surface area contributed by atoms with Gasteiger partial charge in [-0.15, -0.1) is 0 Å². The van der Waals surface area contributed by atoms with Crippen LogP contribution in [-0.4, -0.2) is 46.9 Å². The highest BCUT2D eigenvalue weighted by Gasteiger charge is 2.25. The monoisotopic (exact) mass is 301 g/mol. The predicted octanol–water partition coefficient (Wildman–Crippen LogP) is 2.80. The highest BCUT2D eigenvalue weighted by Crippen LogP contribution is 2.19. The molecule has 2 saturated heterocycles. The second-order valence-corrected chi connectivity index (χ2v) is 7.12. The maximum Gasteiger partial charge on any atom is 0.272 e. The van der Waals surface area contributed by atoms with Crippen LogP contribution in [0.4, 0.5) is 0 Å². The molecule has 0 radical (unpaired) electrons. The Bertz CT molecular complexity index is 523. The van der Waals surface area contributed by atoms with E-state index in [0.717, 1.165) is 50.8 Å². The fourth-order valence-corrected chi connectivity index (χ4v) is 3.42. The van der Waals surface area contributed by atoms with E-state index in [-0.39, 0.29) is 5.91 Å². The number of nitrogens with zero attached hydrogens (tertiary/aromatic N) is 3. The Balaban J connectivity index is 1.63. The molecule has 1 aromatic rings. The van der Waals surface area contributed by atoms with Crippen LogP contribution in [0.3, 0.4) is 0 Å². The minimum Gasteiger partial charge on any atom is -0.337 e. The van der Waals surface area contributed by atoms with Crippen LogP contribution in [0.1, 0.15) is 49.3 Å². The SMILES string of the molecule is CC1CCN(Cc2cccc(C(=O)N3CCC(C)C3)n2)CC1. The van der Waals surface area contributed by atoms with Crippen LogP contribution in [0.5, 0.6) is 0 Å². The molecule has 120 valence electrons. The number of carbonyl (C=O) groups is 1. The average Bonchev–Trinajstić information content (AvgIpc) is 2.96. The van der Waals surface area contributed by atoms with Gasteiger partial charge < -0.3 is 4.90 Å². The van der Waals surface area contributed by atoms with Crippen LogP contribution in [-0.2, 0) is 6.54 Å². The zero-order valence-electron chi connectivity index (χ0n) is 13.8. The Hall–Kier alpha value is -1.42. The molecule has 1 atom stereocenters. The van der Waals surface area contributed by atoms with E-state index in [0.29, 0.717) is 11.6 Å². The van der Waals surface area contributed by atoms with Crippen LogP contribution in [0.15, 0.2) is 18.2 Å². The summed E-state index contributed by atoms with van der Waals surface area (Å²) in [6.45, 7) is 9.42. The van der Waals surface area contributed by atoms with Gasteiger partial charge in [0.1, 0.15) is 5.69 Å². The summed E-state index contributed by atoms with van der Waals surface area (Å²) in [5, 5.41) is 0. The van der Waals surface area contributed by atoms with E-state index in [4.69, 9.17) is 0 Å². The number of likely N-dealkylation sites (tertiary alicyclic amines) is 2. The molecular weight excluding hydrogens is 274 g/mol. The van der Waals surface area contributed by atoms with E-state index in [1.54, 1.807) is 0 Å². The maximum atomic E-state index is 12.5.